The van der Waals surface area contributed by atoms with Crippen molar-refractivity contribution in [2.45, 2.75) is 33.6 Å². The maximum absolute atomic E-state index is 9.71. The number of nitrogens with zero attached hydrogens (tertiary/aromatic N) is 1. The molecule has 12 heavy (non-hydrogen) atoms. The normalized spacial score (nSPS) is 11.6. The molecular weight excluding hydrogens is 154 g/mol. The lowest BCUT2D eigenvalue weighted by molar-refractivity contribution is 0.0692. The van der Waals surface area contributed by atoms with Gasteiger partial charge in [0, 0.05) is 6.61 Å². The fraction of sp³-hybridized carbons (Fsp3) is 1.00. The summed E-state index contributed by atoms with van der Waals surface area (Å²) in [6.45, 7) is 8.35. The van der Waals surface area contributed by atoms with E-state index in [1.54, 1.807) is 0 Å². The molecule has 3 heteroatoms. The van der Waals surface area contributed by atoms with Crippen LogP contribution in [0.4, 0.5) is 0 Å². The molecule has 3 nitrogen and oxygen atoms in total. The highest BCUT2D eigenvalue weighted by atomic mass is 16.5. The first-order valence-electron chi connectivity index (χ1n) is 4.43. The van der Waals surface area contributed by atoms with Crippen molar-refractivity contribution in [3.8, 4) is 0 Å². The van der Waals surface area contributed by atoms with Gasteiger partial charge in [-0.1, -0.05) is 25.9 Å². The highest BCUT2D eigenvalue weighted by Crippen LogP contribution is 2.12. The summed E-state index contributed by atoms with van der Waals surface area (Å²) in [5, 5.41) is 2.78. The quantitative estimate of drug-likeness (QED) is 0.457. The molecule has 0 fully saturated rings. The van der Waals surface area contributed by atoms with Crippen LogP contribution in [0.3, 0.4) is 0 Å². The van der Waals surface area contributed by atoms with Gasteiger partial charge in [0.25, 0.3) is 0 Å². The molecular formula is C9H19NO2. The molecule has 0 amide bonds. The van der Waals surface area contributed by atoms with Crippen LogP contribution in [0.25, 0.3) is 0 Å². The van der Waals surface area contributed by atoms with Gasteiger partial charge in [-0.3, -0.25) is 0 Å². The largest absolute Gasteiger partial charge is 0.381 e. The van der Waals surface area contributed by atoms with Crippen LogP contribution in [-0.2, 0) is 4.74 Å². The van der Waals surface area contributed by atoms with E-state index in [0.717, 1.165) is 26.1 Å². The van der Waals surface area contributed by atoms with E-state index in [2.05, 4.69) is 25.9 Å². The molecule has 0 saturated carbocycles. The van der Waals surface area contributed by atoms with E-state index in [-0.39, 0.29) is 5.41 Å². The van der Waals surface area contributed by atoms with Crippen LogP contribution in [0.1, 0.15) is 33.6 Å². The van der Waals surface area contributed by atoms with E-state index in [0.29, 0.717) is 6.54 Å². The summed E-state index contributed by atoms with van der Waals surface area (Å²) in [5.41, 5.74) is 0.239. The minimum absolute atomic E-state index is 0.239. The molecule has 0 aliphatic carbocycles. The first-order valence-corrected chi connectivity index (χ1v) is 4.43. The van der Waals surface area contributed by atoms with Crippen molar-refractivity contribution >= 4 is 0 Å². The molecule has 0 saturated heterocycles. The Kier molecular flexibility index (Phi) is 5.89. The van der Waals surface area contributed by atoms with Gasteiger partial charge < -0.3 is 4.74 Å². The third kappa shape index (κ3) is 9.56. The van der Waals surface area contributed by atoms with Crippen LogP contribution >= 0.6 is 0 Å². The van der Waals surface area contributed by atoms with Gasteiger partial charge in [-0.2, -0.15) is 4.91 Å². The molecule has 0 aliphatic rings. The Hall–Kier alpha value is -0.440. The lowest BCUT2D eigenvalue weighted by atomic mass is 9.99. The second-order valence-corrected chi connectivity index (χ2v) is 4.17. The van der Waals surface area contributed by atoms with E-state index in [9.17, 15) is 4.91 Å². The molecule has 0 radical (unpaired) electrons. The van der Waals surface area contributed by atoms with Crippen molar-refractivity contribution in [1.29, 1.82) is 0 Å². The first kappa shape index (κ1) is 11.6. The number of unbranched alkanes of at least 4 members (excludes halogenated alkanes) is 1. The summed E-state index contributed by atoms with van der Waals surface area (Å²) in [7, 11) is 0. The van der Waals surface area contributed by atoms with Gasteiger partial charge in [0.1, 0.15) is 0 Å². The van der Waals surface area contributed by atoms with Gasteiger partial charge >= 0.3 is 0 Å². The summed E-state index contributed by atoms with van der Waals surface area (Å²) in [4.78, 5) is 9.71. The van der Waals surface area contributed by atoms with Crippen LogP contribution in [0.2, 0.25) is 0 Å². The fourth-order valence-electron chi connectivity index (χ4n) is 0.759. The van der Waals surface area contributed by atoms with E-state index < -0.39 is 0 Å². The summed E-state index contributed by atoms with van der Waals surface area (Å²) in [5.74, 6) is 0. The van der Waals surface area contributed by atoms with E-state index in [1.165, 1.54) is 0 Å². The van der Waals surface area contributed by atoms with Crippen LogP contribution in [0, 0.1) is 10.3 Å². The van der Waals surface area contributed by atoms with Crippen molar-refractivity contribution in [2.24, 2.45) is 10.6 Å². The Morgan fingerprint density at radius 3 is 2.42 bits per heavy atom. The van der Waals surface area contributed by atoms with E-state index >= 15 is 0 Å². The molecule has 0 aromatic heterocycles. The fourth-order valence-corrected chi connectivity index (χ4v) is 0.759. The zero-order valence-corrected chi connectivity index (χ0v) is 8.30. The highest BCUT2D eigenvalue weighted by Gasteiger charge is 2.09. The lowest BCUT2D eigenvalue weighted by Crippen LogP contribution is -2.15. The SMILES string of the molecule is CC(C)(C)COCCCCN=O. The predicted molar refractivity (Wildman–Crippen MR) is 50.2 cm³/mol. The summed E-state index contributed by atoms with van der Waals surface area (Å²) >= 11 is 0. The Bertz CT molecular complexity index is 118. The van der Waals surface area contributed by atoms with Crippen molar-refractivity contribution in [3.63, 3.8) is 0 Å². The van der Waals surface area contributed by atoms with E-state index in [4.69, 9.17) is 4.74 Å². The molecule has 0 unspecified atom stereocenters. The highest BCUT2D eigenvalue weighted by molar-refractivity contribution is 4.58. The molecule has 0 N–H and O–H groups in total. The Morgan fingerprint density at radius 2 is 1.92 bits per heavy atom. The molecule has 0 spiro atoms. The smallest absolute Gasteiger partial charge is 0.0812 e. The minimum Gasteiger partial charge on any atom is -0.381 e. The van der Waals surface area contributed by atoms with Gasteiger partial charge in [0.2, 0.25) is 0 Å². The van der Waals surface area contributed by atoms with Crippen LogP contribution in [-0.4, -0.2) is 19.8 Å². The van der Waals surface area contributed by atoms with Gasteiger partial charge in [-0.25, -0.2) is 0 Å². The molecule has 0 atom stereocenters. The standard InChI is InChI=1S/C9H19NO2/c1-9(2,3)8-12-7-5-4-6-10-11/h4-8H2,1-3H3. The Morgan fingerprint density at radius 1 is 1.25 bits per heavy atom. The summed E-state index contributed by atoms with van der Waals surface area (Å²) in [6, 6.07) is 0. The lowest BCUT2D eigenvalue weighted by Gasteiger charge is -2.17. The van der Waals surface area contributed by atoms with Crippen LogP contribution in [0.5, 0.6) is 0 Å². The second kappa shape index (κ2) is 6.12. The Labute approximate surface area is 74.5 Å². The van der Waals surface area contributed by atoms with Crippen molar-refractivity contribution < 1.29 is 4.74 Å². The third-order valence-electron chi connectivity index (χ3n) is 1.32. The molecule has 72 valence electrons. The predicted octanol–water partition coefficient (Wildman–Crippen LogP) is 2.60. The maximum Gasteiger partial charge on any atom is 0.0812 e. The Balaban J connectivity index is 3.06. The summed E-state index contributed by atoms with van der Waals surface area (Å²) in [6.07, 6.45) is 1.77. The topological polar surface area (TPSA) is 38.7 Å². The molecule has 0 aromatic rings. The monoisotopic (exact) mass is 173 g/mol. The number of rotatable bonds is 6. The maximum atomic E-state index is 9.71. The van der Waals surface area contributed by atoms with Crippen LogP contribution < -0.4 is 0 Å². The number of hydrogen-bond acceptors (Lipinski definition) is 3. The van der Waals surface area contributed by atoms with Crippen molar-refractivity contribution in [3.05, 3.63) is 4.91 Å². The molecule has 0 heterocycles. The minimum atomic E-state index is 0.239. The molecule has 0 bridgehead atoms. The number of hydrogen-bond donors (Lipinski definition) is 0. The first-order chi connectivity index (χ1) is 5.56. The summed E-state index contributed by atoms with van der Waals surface area (Å²) < 4.78 is 5.40. The van der Waals surface area contributed by atoms with Gasteiger partial charge in [-0.05, 0) is 18.3 Å². The average Bonchev–Trinajstić information content (AvgIpc) is 1.94. The average molecular weight is 173 g/mol. The third-order valence-corrected chi connectivity index (χ3v) is 1.32. The van der Waals surface area contributed by atoms with Crippen molar-refractivity contribution in [2.75, 3.05) is 19.8 Å². The zero-order valence-electron chi connectivity index (χ0n) is 8.30. The van der Waals surface area contributed by atoms with E-state index in [1.807, 2.05) is 0 Å². The van der Waals surface area contributed by atoms with Crippen LogP contribution in [0.15, 0.2) is 5.18 Å². The molecule has 0 aliphatic heterocycles. The molecule has 0 aromatic carbocycles. The van der Waals surface area contributed by atoms with Gasteiger partial charge in [-0.15, -0.1) is 0 Å². The van der Waals surface area contributed by atoms with Gasteiger partial charge in [0.05, 0.1) is 13.2 Å². The number of ether oxygens (including phenoxy) is 1. The second-order valence-electron chi connectivity index (χ2n) is 4.17. The van der Waals surface area contributed by atoms with Crippen molar-refractivity contribution in [1.82, 2.24) is 0 Å². The zero-order chi connectivity index (χ0) is 9.45. The number of nitroso groups, excluding NO2 is 1. The van der Waals surface area contributed by atoms with Gasteiger partial charge in [0.15, 0.2) is 0 Å². The molecule has 0 rings (SSSR count).